The van der Waals surface area contributed by atoms with E-state index in [-0.39, 0.29) is 5.91 Å². The molecule has 0 aliphatic carbocycles. The average molecular weight is 309 g/mol. The second-order valence-corrected chi connectivity index (χ2v) is 4.70. The van der Waals surface area contributed by atoms with E-state index in [2.05, 4.69) is 26.2 Å². The van der Waals surface area contributed by atoms with Crippen molar-refractivity contribution in [1.29, 1.82) is 0 Å². The Balaban J connectivity index is 2.21. The largest absolute Gasteiger partial charge is 0.321 e. The van der Waals surface area contributed by atoms with Gasteiger partial charge in [-0.3, -0.25) is 4.79 Å². The van der Waals surface area contributed by atoms with E-state index < -0.39 is 5.95 Å². The van der Waals surface area contributed by atoms with Gasteiger partial charge < -0.3 is 5.32 Å². The van der Waals surface area contributed by atoms with Gasteiger partial charge in [-0.05, 0) is 36.8 Å². The van der Waals surface area contributed by atoms with Crippen LogP contribution in [0.5, 0.6) is 0 Å². The molecule has 1 N–H and O–H groups in total. The Morgan fingerprint density at radius 1 is 1.33 bits per heavy atom. The summed E-state index contributed by atoms with van der Waals surface area (Å²) in [6, 6.07) is 8.12. The molecule has 0 unspecified atom stereocenters. The fourth-order valence-corrected chi connectivity index (χ4v) is 1.85. The Labute approximate surface area is 112 Å². The highest BCUT2D eigenvalue weighted by atomic mass is 79.9. The monoisotopic (exact) mass is 308 g/mol. The Bertz CT molecular complexity index is 584. The minimum Gasteiger partial charge on any atom is -0.321 e. The molecule has 0 fully saturated rings. The molecule has 0 aliphatic rings. The quantitative estimate of drug-likeness (QED) is 0.862. The highest BCUT2D eigenvalue weighted by Crippen LogP contribution is 2.17. The standard InChI is InChI=1S/C13H10BrFN2O/c1-8-2-3-9(14)6-11(8)13(18)17-10-4-5-12(15)16-7-10/h2-7H,1H3,(H,17,18). The van der Waals surface area contributed by atoms with Crippen LogP contribution in [0.3, 0.4) is 0 Å². The summed E-state index contributed by atoms with van der Waals surface area (Å²) >= 11 is 3.32. The second-order valence-electron chi connectivity index (χ2n) is 3.78. The molecule has 0 bridgehead atoms. The predicted octanol–water partition coefficient (Wildman–Crippen LogP) is 3.54. The van der Waals surface area contributed by atoms with Crippen molar-refractivity contribution in [2.45, 2.75) is 6.92 Å². The third-order valence-corrected chi connectivity index (χ3v) is 2.92. The third-order valence-electron chi connectivity index (χ3n) is 2.43. The number of carbonyl (C=O) groups is 1. The molecule has 0 saturated heterocycles. The van der Waals surface area contributed by atoms with Crippen LogP contribution in [0.25, 0.3) is 0 Å². The number of rotatable bonds is 2. The van der Waals surface area contributed by atoms with Crippen molar-refractivity contribution in [3.05, 3.63) is 58.1 Å². The van der Waals surface area contributed by atoms with E-state index >= 15 is 0 Å². The Morgan fingerprint density at radius 2 is 2.11 bits per heavy atom. The molecule has 5 heteroatoms. The van der Waals surface area contributed by atoms with Gasteiger partial charge in [0.15, 0.2) is 0 Å². The van der Waals surface area contributed by atoms with Gasteiger partial charge in [-0.2, -0.15) is 4.39 Å². The fraction of sp³-hybridized carbons (Fsp3) is 0.0769. The van der Waals surface area contributed by atoms with Gasteiger partial charge in [0, 0.05) is 10.0 Å². The van der Waals surface area contributed by atoms with E-state index in [0.717, 1.165) is 10.0 Å². The summed E-state index contributed by atoms with van der Waals surface area (Å²) in [4.78, 5) is 15.5. The zero-order chi connectivity index (χ0) is 13.1. The van der Waals surface area contributed by atoms with Crippen LogP contribution in [0.15, 0.2) is 41.0 Å². The van der Waals surface area contributed by atoms with Crippen LogP contribution >= 0.6 is 15.9 Å². The van der Waals surface area contributed by atoms with Crippen molar-refractivity contribution in [2.75, 3.05) is 5.32 Å². The van der Waals surface area contributed by atoms with Gasteiger partial charge in [-0.15, -0.1) is 0 Å². The lowest BCUT2D eigenvalue weighted by atomic mass is 10.1. The Hall–Kier alpha value is -1.75. The van der Waals surface area contributed by atoms with E-state index in [9.17, 15) is 9.18 Å². The zero-order valence-electron chi connectivity index (χ0n) is 9.58. The van der Waals surface area contributed by atoms with Gasteiger partial charge >= 0.3 is 0 Å². The molecular weight excluding hydrogens is 299 g/mol. The van der Waals surface area contributed by atoms with Crippen molar-refractivity contribution < 1.29 is 9.18 Å². The highest BCUT2D eigenvalue weighted by molar-refractivity contribution is 9.10. The van der Waals surface area contributed by atoms with Crippen molar-refractivity contribution in [3.63, 3.8) is 0 Å². The van der Waals surface area contributed by atoms with Crippen LogP contribution in [0, 0.1) is 12.9 Å². The SMILES string of the molecule is Cc1ccc(Br)cc1C(=O)Nc1ccc(F)nc1. The number of hydrogen-bond donors (Lipinski definition) is 1. The number of pyridine rings is 1. The van der Waals surface area contributed by atoms with E-state index in [1.165, 1.54) is 18.3 Å². The maximum Gasteiger partial charge on any atom is 0.256 e. The van der Waals surface area contributed by atoms with E-state index in [4.69, 9.17) is 0 Å². The van der Waals surface area contributed by atoms with Gasteiger partial charge in [-0.25, -0.2) is 4.98 Å². The lowest BCUT2D eigenvalue weighted by molar-refractivity contribution is 0.102. The number of hydrogen-bond acceptors (Lipinski definition) is 2. The molecule has 2 aromatic rings. The minimum atomic E-state index is -0.577. The highest BCUT2D eigenvalue weighted by Gasteiger charge is 2.10. The minimum absolute atomic E-state index is 0.248. The summed E-state index contributed by atoms with van der Waals surface area (Å²) in [6.45, 7) is 1.85. The van der Waals surface area contributed by atoms with E-state index in [0.29, 0.717) is 11.3 Å². The maximum atomic E-state index is 12.6. The maximum absolute atomic E-state index is 12.6. The van der Waals surface area contributed by atoms with Gasteiger partial charge in [0.05, 0.1) is 11.9 Å². The van der Waals surface area contributed by atoms with Crippen LogP contribution in [0.2, 0.25) is 0 Å². The molecule has 18 heavy (non-hydrogen) atoms. The molecule has 0 atom stereocenters. The van der Waals surface area contributed by atoms with Crippen molar-refractivity contribution >= 4 is 27.5 Å². The number of nitrogens with zero attached hydrogens (tertiary/aromatic N) is 1. The summed E-state index contributed by atoms with van der Waals surface area (Å²) in [5, 5.41) is 2.66. The third kappa shape index (κ3) is 2.92. The fourth-order valence-electron chi connectivity index (χ4n) is 1.49. The molecule has 0 radical (unpaired) electrons. The summed E-state index contributed by atoms with van der Waals surface area (Å²) in [5.74, 6) is -0.825. The number of benzene rings is 1. The van der Waals surface area contributed by atoms with Crippen molar-refractivity contribution in [2.24, 2.45) is 0 Å². The molecule has 2 rings (SSSR count). The summed E-state index contributed by atoms with van der Waals surface area (Å²) < 4.78 is 13.5. The molecular formula is C13H10BrFN2O. The van der Waals surface area contributed by atoms with E-state index in [1.54, 1.807) is 6.07 Å². The summed E-state index contributed by atoms with van der Waals surface area (Å²) in [5.41, 5.74) is 1.89. The van der Waals surface area contributed by atoms with Crippen molar-refractivity contribution in [3.8, 4) is 0 Å². The first-order valence-corrected chi connectivity index (χ1v) is 6.04. The molecule has 0 saturated carbocycles. The van der Waals surface area contributed by atoms with Gasteiger partial charge in [-0.1, -0.05) is 22.0 Å². The Morgan fingerprint density at radius 3 is 2.78 bits per heavy atom. The molecule has 1 aromatic heterocycles. The molecule has 0 aliphatic heterocycles. The molecule has 3 nitrogen and oxygen atoms in total. The second kappa shape index (κ2) is 5.27. The lowest BCUT2D eigenvalue weighted by Crippen LogP contribution is -2.13. The molecule has 1 heterocycles. The number of nitrogens with one attached hydrogen (secondary N) is 1. The van der Waals surface area contributed by atoms with Crippen LogP contribution < -0.4 is 5.32 Å². The summed E-state index contributed by atoms with van der Waals surface area (Å²) in [7, 11) is 0. The first-order chi connectivity index (χ1) is 8.56. The molecule has 1 aromatic carbocycles. The number of halogens is 2. The van der Waals surface area contributed by atoms with Gasteiger partial charge in [0.25, 0.3) is 5.91 Å². The number of aryl methyl sites for hydroxylation is 1. The van der Waals surface area contributed by atoms with Crippen LogP contribution in [0.1, 0.15) is 15.9 Å². The topological polar surface area (TPSA) is 42.0 Å². The first-order valence-electron chi connectivity index (χ1n) is 5.25. The zero-order valence-corrected chi connectivity index (χ0v) is 11.2. The van der Waals surface area contributed by atoms with Crippen molar-refractivity contribution in [1.82, 2.24) is 4.98 Å². The van der Waals surface area contributed by atoms with Gasteiger partial charge in [0.2, 0.25) is 5.95 Å². The van der Waals surface area contributed by atoms with Crippen LogP contribution in [0.4, 0.5) is 10.1 Å². The summed E-state index contributed by atoms with van der Waals surface area (Å²) in [6.07, 6.45) is 1.28. The van der Waals surface area contributed by atoms with Crippen LogP contribution in [-0.4, -0.2) is 10.9 Å². The molecule has 1 amide bonds. The molecule has 92 valence electrons. The number of carbonyl (C=O) groups excluding carboxylic acids is 1. The number of amides is 1. The Kier molecular flexibility index (Phi) is 3.72. The molecule has 0 spiro atoms. The van der Waals surface area contributed by atoms with E-state index in [1.807, 2.05) is 19.1 Å². The first kappa shape index (κ1) is 12.7. The van der Waals surface area contributed by atoms with Gasteiger partial charge in [0.1, 0.15) is 0 Å². The normalized spacial score (nSPS) is 10.2. The number of aromatic nitrogens is 1. The lowest BCUT2D eigenvalue weighted by Gasteiger charge is -2.07. The van der Waals surface area contributed by atoms with Crippen LogP contribution in [-0.2, 0) is 0 Å². The predicted molar refractivity (Wildman–Crippen MR) is 71.0 cm³/mol. The number of anilines is 1. The smallest absolute Gasteiger partial charge is 0.256 e. The average Bonchev–Trinajstić information content (AvgIpc) is 2.35.